The molecule has 1 aromatic carbocycles. The van der Waals surface area contributed by atoms with Crippen LogP contribution in [0.15, 0.2) is 41.0 Å². The average Bonchev–Trinajstić information content (AvgIpc) is 2.85. The van der Waals surface area contributed by atoms with Crippen molar-refractivity contribution in [1.82, 2.24) is 15.4 Å². The van der Waals surface area contributed by atoms with Crippen LogP contribution in [0.1, 0.15) is 43.2 Å². The molecule has 1 unspecified atom stereocenters. The van der Waals surface area contributed by atoms with Crippen molar-refractivity contribution in [3.63, 3.8) is 0 Å². The number of fused-ring (bicyclic) bond motifs is 1. The zero-order valence-corrected chi connectivity index (χ0v) is 19.1. The minimum atomic E-state index is -2.58. The number of aromatic nitrogens is 2. The lowest BCUT2D eigenvalue weighted by Crippen LogP contribution is -2.39. The summed E-state index contributed by atoms with van der Waals surface area (Å²) >= 11 is 0. The fourth-order valence-corrected chi connectivity index (χ4v) is 4.53. The van der Waals surface area contributed by atoms with Crippen LogP contribution in [0.5, 0.6) is 0 Å². The molecular weight excluding hydrogens is 454 g/mol. The standard InChI is InChI=1S/C24H26F2N8O/c25-24(26)8-13-33(14-9-24)18-3-1-17(2-4-18)29-21-20-19(15-28-32-22(20)35)30-23(31-21)34-11-6-16(5-10-27)7-12-34/h1-5,15,22,32,35H,6-9,11-14H2,(H,29,30,31). The Labute approximate surface area is 201 Å². The van der Waals surface area contributed by atoms with Crippen molar-refractivity contribution in [2.75, 3.05) is 41.3 Å². The number of piperidine rings is 2. The number of benzene rings is 1. The van der Waals surface area contributed by atoms with Crippen molar-refractivity contribution >= 4 is 29.4 Å². The fourth-order valence-electron chi connectivity index (χ4n) is 4.53. The molecule has 1 atom stereocenters. The second-order valence-electron chi connectivity index (χ2n) is 8.89. The van der Waals surface area contributed by atoms with Crippen LogP contribution in [0.3, 0.4) is 0 Å². The van der Waals surface area contributed by atoms with Gasteiger partial charge in [0, 0.05) is 56.5 Å². The van der Waals surface area contributed by atoms with Gasteiger partial charge in [-0.3, -0.25) is 5.43 Å². The van der Waals surface area contributed by atoms with Gasteiger partial charge in [-0.05, 0) is 37.1 Å². The zero-order chi connectivity index (χ0) is 24.4. The Morgan fingerprint density at radius 1 is 1.09 bits per heavy atom. The van der Waals surface area contributed by atoms with E-state index in [9.17, 15) is 13.9 Å². The lowest BCUT2D eigenvalue weighted by Gasteiger charge is -2.33. The van der Waals surface area contributed by atoms with Crippen molar-refractivity contribution in [3.05, 3.63) is 47.2 Å². The Kier molecular flexibility index (Phi) is 6.21. The largest absolute Gasteiger partial charge is 0.371 e. The van der Waals surface area contributed by atoms with Gasteiger partial charge >= 0.3 is 0 Å². The summed E-state index contributed by atoms with van der Waals surface area (Å²) in [5, 5.41) is 26.7. The number of nitriles is 1. The Morgan fingerprint density at radius 2 is 1.80 bits per heavy atom. The number of hydrazone groups is 1. The van der Waals surface area contributed by atoms with E-state index >= 15 is 0 Å². The van der Waals surface area contributed by atoms with E-state index in [0.29, 0.717) is 49.2 Å². The average molecular weight is 481 g/mol. The van der Waals surface area contributed by atoms with Crippen molar-refractivity contribution in [2.45, 2.75) is 37.8 Å². The quantitative estimate of drug-likeness (QED) is 0.571. The number of rotatable bonds is 4. The fraction of sp³-hybridized carbons (Fsp3) is 0.417. The molecule has 0 aliphatic carbocycles. The maximum absolute atomic E-state index is 13.5. The van der Waals surface area contributed by atoms with E-state index in [1.807, 2.05) is 29.2 Å². The second kappa shape index (κ2) is 9.46. The molecule has 4 heterocycles. The smallest absolute Gasteiger partial charge is 0.251 e. The number of anilines is 4. The molecule has 1 aromatic heterocycles. The van der Waals surface area contributed by atoms with E-state index in [0.717, 1.165) is 29.8 Å². The summed E-state index contributed by atoms with van der Waals surface area (Å²) in [7, 11) is 0. The number of halogens is 2. The lowest BCUT2D eigenvalue weighted by atomic mass is 10.0. The van der Waals surface area contributed by atoms with Crippen LogP contribution in [0.25, 0.3) is 0 Å². The molecule has 3 N–H and O–H groups in total. The molecule has 5 rings (SSSR count). The Balaban J connectivity index is 1.37. The number of alkyl halides is 2. The predicted molar refractivity (Wildman–Crippen MR) is 129 cm³/mol. The van der Waals surface area contributed by atoms with Gasteiger partial charge in [0.05, 0.1) is 23.5 Å². The highest BCUT2D eigenvalue weighted by molar-refractivity contribution is 5.84. The number of allylic oxidation sites excluding steroid dienone is 1. The summed E-state index contributed by atoms with van der Waals surface area (Å²) in [5.74, 6) is -1.60. The summed E-state index contributed by atoms with van der Waals surface area (Å²) < 4.78 is 27.0. The number of nitrogens with zero attached hydrogens (tertiary/aromatic N) is 6. The van der Waals surface area contributed by atoms with E-state index in [4.69, 9.17) is 10.2 Å². The van der Waals surface area contributed by atoms with Crippen molar-refractivity contribution in [2.24, 2.45) is 5.10 Å². The number of aliphatic hydroxyl groups excluding tert-OH is 1. The third kappa shape index (κ3) is 5.02. The minimum Gasteiger partial charge on any atom is -0.371 e. The first-order valence-electron chi connectivity index (χ1n) is 11.6. The van der Waals surface area contributed by atoms with Gasteiger partial charge in [-0.15, -0.1) is 0 Å². The molecule has 9 nitrogen and oxygen atoms in total. The SMILES string of the molecule is N#CC=C1CCN(c2nc3c(c(Nc4ccc(N5CCC(F)(F)CC5)cc4)n2)C(O)NN=C3)CC1. The van der Waals surface area contributed by atoms with Gasteiger partial charge in [0.1, 0.15) is 5.82 Å². The summed E-state index contributed by atoms with van der Waals surface area (Å²) in [5.41, 5.74) is 6.39. The predicted octanol–water partition coefficient (Wildman–Crippen LogP) is 3.43. The Morgan fingerprint density at radius 3 is 2.49 bits per heavy atom. The molecule has 0 saturated carbocycles. The Hall–Kier alpha value is -3.78. The van der Waals surface area contributed by atoms with E-state index in [-0.39, 0.29) is 12.8 Å². The van der Waals surface area contributed by atoms with Crippen LogP contribution in [0, 0.1) is 11.3 Å². The van der Waals surface area contributed by atoms with Crippen LogP contribution in [-0.2, 0) is 0 Å². The first-order chi connectivity index (χ1) is 16.9. The van der Waals surface area contributed by atoms with Crippen LogP contribution < -0.4 is 20.5 Å². The molecule has 0 bridgehead atoms. The van der Waals surface area contributed by atoms with Gasteiger partial charge in [0.2, 0.25) is 5.95 Å². The second-order valence-corrected chi connectivity index (χ2v) is 8.89. The summed E-state index contributed by atoms with van der Waals surface area (Å²) in [6, 6.07) is 9.61. The normalized spacial score (nSPS) is 21.1. The molecule has 11 heteroatoms. The van der Waals surface area contributed by atoms with E-state index in [2.05, 4.69) is 31.8 Å². The molecule has 2 aromatic rings. The summed E-state index contributed by atoms with van der Waals surface area (Å²) in [6.45, 7) is 2.02. The van der Waals surface area contributed by atoms with Crippen LogP contribution in [0.4, 0.5) is 31.9 Å². The Bertz CT molecular complexity index is 1170. The number of hydrogen-bond donors (Lipinski definition) is 3. The third-order valence-electron chi connectivity index (χ3n) is 6.57. The topological polar surface area (TPSA) is 113 Å². The van der Waals surface area contributed by atoms with Gasteiger partial charge < -0.3 is 20.2 Å². The maximum atomic E-state index is 13.5. The number of nitrogens with one attached hydrogen (secondary N) is 2. The molecule has 182 valence electrons. The molecule has 3 aliphatic rings. The number of aliphatic hydroxyl groups is 1. The van der Waals surface area contributed by atoms with Crippen LogP contribution >= 0.6 is 0 Å². The highest BCUT2D eigenvalue weighted by Gasteiger charge is 2.34. The molecular formula is C24H26F2N8O. The highest BCUT2D eigenvalue weighted by Crippen LogP contribution is 2.33. The van der Waals surface area contributed by atoms with Gasteiger partial charge in [-0.2, -0.15) is 15.3 Å². The van der Waals surface area contributed by atoms with Gasteiger partial charge in [0.15, 0.2) is 6.23 Å². The molecule has 2 saturated heterocycles. The van der Waals surface area contributed by atoms with Gasteiger partial charge in [0.25, 0.3) is 5.92 Å². The van der Waals surface area contributed by atoms with Crippen LogP contribution in [-0.4, -0.2) is 53.4 Å². The monoisotopic (exact) mass is 480 g/mol. The molecule has 35 heavy (non-hydrogen) atoms. The van der Waals surface area contributed by atoms with Crippen molar-refractivity contribution in [3.8, 4) is 6.07 Å². The summed E-state index contributed by atoms with van der Waals surface area (Å²) in [6.07, 6.45) is 3.34. The van der Waals surface area contributed by atoms with E-state index < -0.39 is 12.2 Å². The van der Waals surface area contributed by atoms with Crippen molar-refractivity contribution in [1.29, 1.82) is 5.26 Å². The first-order valence-corrected chi connectivity index (χ1v) is 11.6. The van der Waals surface area contributed by atoms with Gasteiger partial charge in [-0.1, -0.05) is 5.57 Å². The third-order valence-corrected chi connectivity index (χ3v) is 6.57. The lowest BCUT2D eigenvalue weighted by molar-refractivity contribution is -0.0220. The maximum Gasteiger partial charge on any atom is 0.251 e. The zero-order valence-electron chi connectivity index (χ0n) is 19.1. The molecule has 0 spiro atoms. The molecule has 0 radical (unpaired) electrons. The first kappa shape index (κ1) is 23.0. The van der Waals surface area contributed by atoms with Crippen LogP contribution in [0.2, 0.25) is 0 Å². The van der Waals surface area contributed by atoms with Gasteiger partial charge in [-0.25, -0.2) is 13.8 Å². The molecule has 2 fully saturated rings. The highest BCUT2D eigenvalue weighted by atomic mass is 19.3. The van der Waals surface area contributed by atoms with E-state index in [1.165, 1.54) is 0 Å². The van der Waals surface area contributed by atoms with Crippen molar-refractivity contribution < 1.29 is 13.9 Å². The number of hydrogen-bond acceptors (Lipinski definition) is 9. The molecule has 0 amide bonds. The minimum absolute atomic E-state index is 0.139. The summed E-state index contributed by atoms with van der Waals surface area (Å²) in [4.78, 5) is 13.4. The molecule has 3 aliphatic heterocycles. The van der Waals surface area contributed by atoms with E-state index in [1.54, 1.807) is 12.3 Å².